The van der Waals surface area contributed by atoms with Crippen LogP contribution in [0.3, 0.4) is 0 Å². The summed E-state index contributed by atoms with van der Waals surface area (Å²) in [4.78, 5) is 7.92. The Morgan fingerprint density at radius 2 is 1.86 bits per heavy atom. The van der Waals surface area contributed by atoms with Crippen molar-refractivity contribution < 1.29 is 22.6 Å². The van der Waals surface area contributed by atoms with E-state index >= 15 is 0 Å². The summed E-state index contributed by atoms with van der Waals surface area (Å²) in [6, 6.07) is 5.31. The van der Waals surface area contributed by atoms with Crippen LogP contribution in [0.1, 0.15) is 11.3 Å². The first-order chi connectivity index (χ1) is 9.89. The molecule has 0 amide bonds. The van der Waals surface area contributed by atoms with Crippen LogP contribution in [0, 0.1) is 6.92 Å². The lowest BCUT2D eigenvalue weighted by molar-refractivity contribution is -0.275. The molecule has 0 saturated carbocycles. The first kappa shape index (κ1) is 15.0. The van der Waals surface area contributed by atoms with Gasteiger partial charge in [0.15, 0.2) is 11.5 Å². The fraction of sp³-hybridized carbons (Fsp3) is 0.231. The standard InChI is InChI=1S/C13H12F3N3O2/c1-8-9(6-17)7-18-12(19-8)20-10-4-2-3-5-11(10)21-13(14,15)16/h2-5,7H,6,17H2,1H3. The van der Waals surface area contributed by atoms with Crippen molar-refractivity contribution in [2.24, 2.45) is 5.73 Å². The van der Waals surface area contributed by atoms with Gasteiger partial charge in [0, 0.05) is 24.0 Å². The third-order valence-electron chi connectivity index (χ3n) is 2.55. The van der Waals surface area contributed by atoms with Crippen LogP contribution in [0.4, 0.5) is 13.2 Å². The van der Waals surface area contributed by atoms with E-state index in [9.17, 15) is 13.2 Å². The normalized spacial score (nSPS) is 11.3. The largest absolute Gasteiger partial charge is 0.573 e. The summed E-state index contributed by atoms with van der Waals surface area (Å²) in [5.41, 5.74) is 6.80. The second-order valence-corrected chi connectivity index (χ2v) is 4.06. The maximum Gasteiger partial charge on any atom is 0.573 e. The topological polar surface area (TPSA) is 70.3 Å². The van der Waals surface area contributed by atoms with Gasteiger partial charge >= 0.3 is 12.4 Å². The van der Waals surface area contributed by atoms with Gasteiger partial charge in [0.05, 0.1) is 0 Å². The summed E-state index contributed by atoms with van der Waals surface area (Å²) in [7, 11) is 0. The highest BCUT2D eigenvalue weighted by Crippen LogP contribution is 2.33. The van der Waals surface area contributed by atoms with Crippen LogP contribution >= 0.6 is 0 Å². The van der Waals surface area contributed by atoms with Crippen LogP contribution < -0.4 is 15.2 Å². The molecule has 112 valence electrons. The molecule has 0 aliphatic carbocycles. The Balaban J connectivity index is 2.25. The summed E-state index contributed by atoms with van der Waals surface area (Å²) in [5, 5.41) is 0. The average Bonchev–Trinajstić information content (AvgIpc) is 2.40. The predicted octanol–water partition coefficient (Wildman–Crippen LogP) is 2.93. The fourth-order valence-electron chi connectivity index (χ4n) is 1.56. The van der Waals surface area contributed by atoms with Gasteiger partial charge in [-0.3, -0.25) is 0 Å². The molecule has 2 rings (SSSR count). The molecule has 1 aromatic carbocycles. The first-order valence-electron chi connectivity index (χ1n) is 5.94. The number of nitrogens with two attached hydrogens (primary N) is 1. The van der Waals surface area contributed by atoms with Gasteiger partial charge in [-0.1, -0.05) is 12.1 Å². The van der Waals surface area contributed by atoms with Crippen LogP contribution in [-0.4, -0.2) is 16.3 Å². The van der Waals surface area contributed by atoms with Crippen LogP contribution in [0.15, 0.2) is 30.5 Å². The Kier molecular flexibility index (Phi) is 4.27. The maximum atomic E-state index is 12.3. The van der Waals surface area contributed by atoms with Crippen molar-refractivity contribution in [2.45, 2.75) is 19.8 Å². The highest BCUT2D eigenvalue weighted by atomic mass is 19.4. The molecule has 21 heavy (non-hydrogen) atoms. The molecule has 0 atom stereocenters. The van der Waals surface area contributed by atoms with Gasteiger partial charge in [-0.05, 0) is 19.1 Å². The predicted molar refractivity (Wildman–Crippen MR) is 67.9 cm³/mol. The Morgan fingerprint density at radius 3 is 2.43 bits per heavy atom. The molecule has 0 aliphatic rings. The number of hydrogen-bond acceptors (Lipinski definition) is 5. The van der Waals surface area contributed by atoms with Gasteiger partial charge in [0.1, 0.15) is 0 Å². The zero-order valence-corrected chi connectivity index (χ0v) is 11.0. The summed E-state index contributed by atoms with van der Waals surface area (Å²) in [5.74, 6) is -0.594. The molecule has 0 aliphatic heterocycles. The Hall–Kier alpha value is -2.35. The van der Waals surface area contributed by atoms with E-state index in [1.807, 2.05) is 0 Å². The molecule has 0 fully saturated rings. The van der Waals surface area contributed by atoms with Crippen molar-refractivity contribution >= 4 is 0 Å². The number of aromatic nitrogens is 2. The molecule has 0 radical (unpaired) electrons. The van der Waals surface area contributed by atoms with Crippen molar-refractivity contribution in [1.29, 1.82) is 0 Å². The van der Waals surface area contributed by atoms with E-state index in [-0.39, 0.29) is 18.3 Å². The second kappa shape index (κ2) is 5.96. The third-order valence-corrected chi connectivity index (χ3v) is 2.55. The molecule has 0 spiro atoms. The molecule has 0 bridgehead atoms. The van der Waals surface area contributed by atoms with Crippen molar-refractivity contribution in [3.8, 4) is 17.5 Å². The van der Waals surface area contributed by atoms with Crippen LogP contribution in [0.25, 0.3) is 0 Å². The lowest BCUT2D eigenvalue weighted by Gasteiger charge is -2.13. The molecule has 8 heteroatoms. The summed E-state index contributed by atoms with van der Waals surface area (Å²) < 4.78 is 46.0. The zero-order valence-electron chi connectivity index (χ0n) is 11.0. The number of nitrogens with zero attached hydrogens (tertiary/aromatic N) is 2. The fourth-order valence-corrected chi connectivity index (χ4v) is 1.56. The summed E-state index contributed by atoms with van der Waals surface area (Å²) in [6.45, 7) is 1.97. The number of ether oxygens (including phenoxy) is 2. The van der Waals surface area contributed by atoms with E-state index < -0.39 is 12.1 Å². The molecule has 0 unspecified atom stereocenters. The van der Waals surface area contributed by atoms with Gasteiger partial charge < -0.3 is 15.2 Å². The van der Waals surface area contributed by atoms with Crippen molar-refractivity contribution in [3.05, 3.63) is 41.7 Å². The minimum atomic E-state index is -4.81. The summed E-state index contributed by atoms with van der Waals surface area (Å²) >= 11 is 0. The highest BCUT2D eigenvalue weighted by Gasteiger charge is 2.32. The zero-order chi connectivity index (χ0) is 15.5. The van der Waals surface area contributed by atoms with E-state index in [1.165, 1.54) is 24.4 Å². The average molecular weight is 299 g/mol. The van der Waals surface area contributed by atoms with Crippen LogP contribution in [0.5, 0.6) is 17.5 Å². The van der Waals surface area contributed by atoms with Crippen molar-refractivity contribution in [1.82, 2.24) is 9.97 Å². The number of rotatable bonds is 4. The number of halogens is 3. The number of para-hydroxylation sites is 2. The second-order valence-electron chi connectivity index (χ2n) is 4.06. The summed E-state index contributed by atoms with van der Waals surface area (Å²) in [6.07, 6.45) is -3.34. The van der Waals surface area contributed by atoms with Gasteiger partial charge in [-0.25, -0.2) is 4.98 Å². The maximum absolute atomic E-state index is 12.3. The smallest absolute Gasteiger partial charge is 0.420 e. The van der Waals surface area contributed by atoms with Gasteiger partial charge in [-0.15, -0.1) is 13.2 Å². The number of hydrogen-bond donors (Lipinski definition) is 1. The number of alkyl halides is 3. The Labute approximate surface area is 118 Å². The minimum Gasteiger partial charge on any atom is -0.420 e. The lowest BCUT2D eigenvalue weighted by Crippen LogP contribution is -2.17. The molecule has 5 nitrogen and oxygen atoms in total. The first-order valence-corrected chi connectivity index (χ1v) is 5.94. The van der Waals surface area contributed by atoms with E-state index in [0.717, 1.165) is 11.6 Å². The van der Waals surface area contributed by atoms with Crippen molar-refractivity contribution in [3.63, 3.8) is 0 Å². The molecule has 1 aromatic heterocycles. The van der Waals surface area contributed by atoms with E-state index in [2.05, 4.69) is 14.7 Å². The number of benzene rings is 1. The van der Waals surface area contributed by atoms with E-state index in [4.69, 9.17) is 10.5 Å². The molecular weight excluding hydrogens is 287 g/mol. The van der Waals surface area contributed by atoms with Gasteiger partial charge in [0.25, 0.3) is 0 Å². The molecule has 0 saturated heterocycles. The Morgan fingerprint density at radius 1 is 1.19 bits per heavy atom. The highest BCUT2D eigenvalue weighted by molar-refractivity contribution is 5.41. The monoisotopic (exact) mass is 299 g/mol. The molecule has 2 aromatic rings. The molecule has 1 heterocycles. The molecular formula is C13H12F3N3O2. The number of aryl methyl sites for hydroxylation is 1. The van der Waals surface area contributed by atoms with Gasteiger partial charge in [0.2, 0.25) is 0 Å². The van der Waals surface area contributed by atoms with Crippen molar-refractivity contribution in [2.75, 3.05) is 0 Å². The SMILES string of the molecule is Cc1nc(Oc2ccccc2OC(F)(F)F)ncc1CN. The van der Waals surface area contributed by atoms with E-state index in [1.54, 1.807) is 6.92 Å². The minimum absolute atomic E-state index is 0.0806. The lowest BCUT2D eigenvalue weighted by atomic mass is 10.2. The quantitative estimate of drug-likeness (QED) is 0.940. The van der Waals surface area contributed by atoms with E-state index in [0.29, 0.717) is 5.69 Å². The molecule has 2 N–H and O–H groups in total. The Bertz CT molecular complexity index is 632. The van der Waals surface area contributed by atoms with Crippen LogP contribution in [-0.2, 0) is 6.54 Å². The third kappa shape index (κ3) is 4.06. The van der Waals surface area contributed by atoms with Crippen LogP contribution in [0.2, 0.25) is 0 Å². The van der Waals surface area contributed by atoms with Gasteiger partial charge in [-0.2, -0.15) is 4.98 Å².